The van der Waals surface area contributed by atoms with Crippen LogP contribution in [0.15, 0.2) is 0 Å². The van der Waals surface area contributed by atoms with Gasteiger partial charge in [-0.1, -0.05) is 0 Å². The van der Waals surface area contributed by atoms with Crippen molar-refractivity contribution in [2.45, 2.75) is 38.1 Å². The van der Waals surface area contributed by atoms with Gasteiger partial charge in [0.2, 0.25) is 5.91 Å². The van der Waals surface area contributed by atoms with Gasteiger partial charge in [0.1, 0.15) is 0 Å². The zero-order chi connectivity index (χ0) is 12.0. The summed E-state index contributed by atoms with van der Waals surface area (Å²) < 4.78 is 0. The smallest absolute Gasteiger partial charge is 0.303 e. The normalized spacial score (nSPS) is 19.7. The molecule has 0 spiro atoms. The molecular weight excluding hydrogens is 208 g/mol. The first-order valence-electron chi connectivity index (χ1n) is 5.78. The van der Waals surface area contributed by atoms with Gasteiger partial charge in [-0.2, -0.15) is 0 Å². The third kappa shape index (κ3) is 4.61. The number of hydrogen-bond acceptors (Lipinski definition) is 3. The number of nitrogens with one attached hydrogen (secondary N) is 1. The number of carboxylic acid groups (broad SMARTS) is 1. The molecule has 0 aromatic rings. The van der Waals surface area contributed by atoms with Crippen LogP contribution in [0.25, 0.3) is 0 Å². The van der Waals surface area contributed by atoms with E-state index in [0.29, 0.717) is 25.4 Å². The van der Waals surface area contributed by atoms with Crippen molar-refractivity contribution in [3.63, 3.8) is 0 Å². The molecule has 0 saturated carbocycles. The molecule has 1 unspecified atom stereocenters. The van der Waals surface area contributed by atoms with Crippen molar-refractivity contribution in [1.82, 2.24) is 10.2 Å². The highest BCUT2D eigenvalue weighted by molar-refractivity contribution is 5.76. The maximum absolute atomic E-state index is 11.7. The van der Waals surface area contributed by atoms with Crippen molar-refractivity contribution in [3.8, 4) is 0 Å². The van der Waals surface area contributed by atoms with Crippen molar-refractivity contribution in [2.75, 3.05) is 20.1 Å². The number of aliphatic carboxylic acids is 1. The Balaban J connectivity index is 2.16. The second kappa shape index (κ2) is 6.48. The molecule has 0 radical (unpaired) electrons. The number of carboxylic acids is 1. The van der Waals surface area contributed by atoms with Crippen LogP contribution in [0.3, 0.4) is 0 Å². The maximum atomic E-state index is 11.7. The number of hydrogen-bond donors (Lipinski definition) is 2. The van der Waals surface area contributed by atoms with Gasteiger partial charge in [-0.15, -0.1) is 0 Å². The molecule has 0 aromatic carbocycles. The monoisotopic (exact) mass is 228 g/mol. The van der Waals surface area contributed by atoms with Gasteiger partial charge >= 0.3 is 5.97 Å². The summed E-state index contributed by atoms with van der Waals surface area (Å²) in [7, 11) is 1.74. The molecule has 1 atom stereocenters. The van der Waals surface area contributed by atoms with Gasteiger partial charge in [-0.05, 0) is 25.8 Å². The molecule has 5 nitrogen and oxygen atoms in total. The van der Waals surface area contributed by atoms with E-state index in [0.717, 1.165) is 19.4 Å². The van der Waals surface area contributed by atoms with E-state index in [1.54, 1.807) is 11.9 Å². The SMILES string of the molecule is CN(CCCC(=O)O)C(=O)CC1CCCN1. The van der Waals surface area contributed by atoms with Gasteiger partial charge in [0.05, 0.1) is 0 Å². The number of nitrogens with zero attached hydrogens (tertiary/aromatic N) is 1. The first-order valence-corrected chi connectivity index (χ1v) is 5.78. The molecule has 1 heterocycles. The van der Waals surface area contributed by atoms with Crippen LogP contribution in [-0.4, -0.2) is 48.1 Å². The minimum absolute atomic E-state index is 0.102. The number of carbonyl (C=O) groups excluding carboxylic acids is 1. The van der Waals surface area contributed by atoms with Gasteiger partial charge in [-0.25, -0.2) is 0 Å². The molecule has 5 heteroatoms. The van der Waals surface area contributed by atoms with E-state index in [2.05, 4.69) is 5.32 Å². The van der Waals surface area contributed by atoms with Crippen LogP contribution >= 0.6 is 0 Å². The quantitative estimate of drug-likeness (QED) is 0.692. The van der Waals surface area contributed by atoms with Crippen LogP contribution in [0.5, 0.6) is 0 Å². The van der Waals surface area contributed by atoms with E-state index in [9.17, 15) is 9.59 Å². The molecule has 1 aliphatic rings. The Morgan fingerprint density at radius 2 is 2.25 bits per heavy atom. The number of carbonyl (C=O) groups is 2. The zero-order valence-electron chi connectivity index (χ0n) is 9.74. The maximum Gasteiger partial charge on any atom is 0.303 e. The van der Waals surface area contributed by atoms with Gasteiger partial charge in [0, 0.05) is 32.5 Å². The van der Waals surface area contributed by atoms with E-state index in [1.165, 1.54) is 0 Å². The predicted octanol–water partition coefficient (Wildman–Crippen LogP) is 0.452. The van der Waals surface area contributed by atoms with E-state index in [1.807, 2.05) is 0 Å². The van der Waals surface area contributed by atoms with Gasteiger partial charge < -0.3 is 15.3 Å². The third-order valence-electron chi connectivity index (χ3n) is 2.89. The van der Waals surface area contributed by atoms with E-state index < -0.39 is 5.97 Å². The number of amides is 1. The van der Waals surface area contributed by atoms with Crippen LogP contribution < -0.4 is 5.32 Å². The summed E-state index contributed by atoms with van der Waals surface area (Å²) in [6.45, 7) is 1.53. The van der Waals surface area contributed by atoms with Crippen molar-refractivity contribution in [2.24, 2.45) is 0 Å². The Kier molecular flexibility index (Phi) is 5.25. The molecule has 1 rings (SSSR count). The van der Waals surface area contributed by atoms with Crippen molar-refractivity contribution >= 4 is 11.9 Å². The fourth-order valence-corrected chi connectivity index (χ4v) is 1.89. The molecule has 1 saturated heterocycles. The minimum atomic E-state index is -0.807. The fourth-order valence-electron chi connectivity index (χ4n) is 1.89. The van der Waals surface area contributed by atoms with E-state index in [-0.39, 0.29) is 12.3 Å². The summed E-state index contributed by atoms with van der Waals surface area (Å²) >= 11 is 0. The summed E-state index contributed by atoms with van der Waals surface area (Å²) in [5, 5.41) is 11.8. The van der Waals surface area contributed by atoms with Crippen LogP contribution in [0, 0.1) is 0 Å². The summed E-state index contributed by atoms with van der Waals surface area (Å²) in [6, 6.07) is 0.314. The Bertz CT molecular complexity index is 250. The average Bonchev–Trinajstić information content (AvgIpc) is 2.69. The Morgan fingerprint density at radius 3 is 2.81 bits per heavy atom. The molecule has 16 heavy (non-hydrogen) atoms. The Morgan fingerprint density at radius 1 is 1.50 bits per heavy atom. The molecular formula is C11H20N2O3. The Labute approximate surface area is 95.8 Å². The van der Waals surface area contributed by atoms with Crippen LogP contribution in [0.2, 0.25) is 0 Å². The molecule has 0 aromatic heterocycles. The topological polar surface area (TPSA) is 69.6 Å². The molecule has 0 bridgehead atoms. The average molecular weight is 228 g/mol. The highest BCUT2D eigenvalue weighted by atomic mass is 16.4. The highest BCUT2D eigenvalue weighted by Crippen LogP contribution is 2.10. The summed E-state index contributed by atoms with van der Waals surface area (Å²) in [5.74, 6) is -0.705. The lowest BCUT2D eigenvalue weighted by Crippen LogP contribution is -2.34. The van der Waals surface area contributed by atoms with Crippen LogP contribution in [0.1, 0.15) is 32.1 Å². The summed E-state index contributed by atoms with van der Waals surface area (Å²) in [5.41, 5.74) is 0. The predicted molar refractivity (Wildman–Crippen MR) is 60.1 cm³/mol. The third-order valence-corrected chi connectivity index (χ3v) is 2.89. The summed E-state index contributed by atoms with van der Waals surface area (Å²) in [4.78, 5) is 23.7. The molecule has 1 aliphatic heterocycles. The number of rotatable bonds is 6. The van der Waals surface area contributed by atoms with E-state index >= 15 is 0 Å². The van der Waals surface area contributed by atoms with Crippen LogP contribution in [0.4, 0.5) is 0 Å². The van der Waals surface area contributed by atoms with Gasteiger partial charge in [-0.3, -0.25) is 9.59 Å². The fraction of sp³-hybridized carbons (Fsp3) is 0.818. The second-order valence-corrected chi connectivity index (χ2v) is 4.31. The molecule has 92 valence electrons. The molecule has 1 fully saturated rings. The van der Waals surface area contributed by atoms with Crippen molar-refractivity contribution in [1.29, 1.82) is 0 Å². The first kappa shape index (κ1) is 13.0. The largest absolute Gasteiger partial charge is 0.481 e. The van der Waals surface area contributed by atoms with Crippen LogP contribution in [-0.2, 0) is 9.59 Å². The van der Waals surface area contributed by atoms with Crippen molar-refractivity contribution < 1.29 is 14.7 Å². The molecule has 0 aliphatic carbocycles. The van der Waals surface area contributed by atoms with E-state index in [4.69, 9.17) is 5.11 Å². The second-order valence-electron chi connectivity index (χ2n) is 4.31. The minimum Gasteiger partial charge on any atom is -0.481 e. The molecule has 2 N–H and O–H groups in total. The first-order chi connectivity index (χ1) is 7.59. The highest BCUT2D eigenvalue weighted by Gasteiger charge is 2.19. The summed E-state index contributed by atoms with van der Waals surface area (Å²) in [6.07, 6.45) is 3.38. The zero-order valence-corrected chi connectivity index (χ0v) is 9.74. The Hall–Kier alpha value is -1.10. The lowest BCUT2D eigenvalue weighted by molar-refractivity contribution is -0.138. The van der Waals surface area contributed by atoms with Gasteiger partial charge in [0.15, 0.2) is 0 Å². The lowest BCUT2D eigenvalue weighted by atomic mass is 10.1. The standard InChI is InChI=1S/C11H20N2O3/c1-13(7-3-5-11(15)16)10(14)8-9-4-2-6-12-9/h9,12H,2-8H2,1H3,(H,15,16). The van der Waals surface area contributed by atoms with Crippen molar-refractivity contribution in [3.05, 3.63) is 0 Å². The van der Waals surface area contributed by atoms with Gasteiger partial charge in [0.25, 0.3) is 0 Å². The lowest BCUT2D eigenvalue weighted by Gasteiger charge is -2.19. The molecule has 1 amide bonds.